The van der Waals surface area contributed by atoms with Crippen LogP contribution in [0, 0.1) is 0 Å². The van der Waals surface area contributed by atoms with Crippen LogP contribution in [0.15, 0.2) is 43.0 Å². The maximum Gasteiger partial charge on any atom is 0.224 e. The molecular weight excluding hydrogens is 340 g/mol. The lowest BCUT2D eigenvalue weighted by molar-refractivity contribution is 0.235. The summed E-state index contributed by atoms with van der Waals surface area (Å²) in [6.07, 6.45) is 5.51. The highest BCUT2D eigenvalue weighted by molar-refractivity contribution is 5.86. The molecule has 0 bridgehead atoms. The molecule has 0 unspecified atom stereocenters. The van der Waals surface area contributed by atoms with Gasteiger partial charge >= 0.3 is 0 Å². The first-order valence-corrected chi connectivity index (χ1v) is 9.55. The Labute approximate surface area is 159 Å². The van der Waals surface area contributed by atoms with Crippen molar-refractivity contribution < 1.29 is 4.74 Å². The van der Waals surface area contributed by atoms with E-state index in [0.29, 0.717) is 5.88 Å². The second kappa shape index (κ2) is 7.92. The Bertz CT molecular complexity index is 871. The van der Waals surface area contributed by atoms with Gasteiger partial charge in [-0.1, -0.05) is 0 Å². The van der Waals surface area contributed by atoms with Crippen LogP contribution in [0.3, 0.4) is 0 Å². The van der Waals surface area contributed by atoms with Gasteiger partial charge in [0.15, 0.2) is 0 Å². The molecule has 0 aliphatic carbocycles. The van der Waals surface area contributed by atoms with E-state index in [9.17, 15) is 0 Å². The van der Waals surface area contributed by atoms with Crippen LogP contribution < -0.4 is 9.64 Å². The van der Waals surface area contributed by atoms with Gasteiger partial charge in [0.2, 0.25) is 5.88 Å². The lowest BCUT2D eigenvalue weighted by atomic mass is 10.2. The number of aromatic nitrogens is 4. The fourth-order valence-electron chi connectivity index (χ4n) is 3.44. The summed E-state index contributed by atoms with van der Waals surface area (Å²) in [6.45, 7) is 10.1. The number of benzene rings is 1. The Morgan fingerprint density at radius 2 is 1.93 bits per heavy atom. The topological polar surface area (TPSA) is 59.3 Å². The lowest BCUT2D eigenvalue weighted by Gasteiger charge is -2.36. The molecule has 1 aromatic carbocycles. The number of piperazine rings is 1. The summed E-state index contributed by atoms with van der Waals surface area (Å²) in [5.41, 5.74) is 2.12. The van der Waals surface area contributed by atoms with Gasteiger partial charge in [0, 0.05) is 50.8 Å². The van der Waals surface area contributed by atoms with Crippen molar-refractivity contribution in [3.05, 3.63) is 43.0 Å². The van der Waals surface area contributed by atoms with Crippen molar-refractivity contribution in [3.63, 3.8) is 0 Å². The molecule has 7 heteroatoms. The molecule has 2 aromatic heterocycles. The third-order valence-corrected chi connectivity index (χ3v) is 4.87. The molecule has 0 spiro atoms. The predicted octanol–water partition coefficient (Wildman–Crippen LogP) is 2.44. The van der Waals surface area contributed by atoms with Crippen LogP contribution in [-0.2, 0) is 6.54 Å². The van der Waals surface area contributed by atoms with Gasteiger partial charge in [-0.25, -0.2) is 9.97 Å². The van der Waals surface area contributed by atoms with Crippen molar-refractivity contribution in [3.8, 4) is 5.88 Å². The van der Waals surface area contributed by atoms with Crippen molar-refractivity contribution in [2.45, 2.75) is 26.5 Å². The van der Waals surface area contributed by atoms with Crippen molar-refractivity contribution in [2.75, 3.05) is 37.6 Å². The molecule has 7 nitrogen and oxygen atoms in total. The van der Waals surface area contributed by atoms with Crippen molar-refractivity contribution in [2.24, 2.45) is 0 Å². The minimum Gasteiger partial charge on any atom is -0.474 e. The van der Waals surface area contributed by atoms with Crippen molar-refractivity contribution >= 4 is 16.6 Å². The summed E-state index contributed by atoms with van der Waals surface area (Å²) < 4.78 is 7.86. The van der Waals surface area contributed by atoms with E-state index >= 15 is 0 Å². The first-order valence-electron chi connectivity index (χ1n) is 9.55. The molecule has 1 aliphatic rings. The Balaban J connectivity index is 1.42. The highest BCUT2D eigenvalue weighted by Crippen LogP contribution is 2.27. The summed E-state index contributed by atoms with van der Waals surface area (Å²) in [6, 6.07) is 8.34. The van der Waals surface area contributed by atoms with Gasteiger partial charge in [0.25, 0.3) is 0 Å². The van der Waals surface area contributed by atoms with Gasteiger partial charge < -0.3 is 9.64 Å². The van der Waals surface area contributed by atoms with E-state index in [1.807, 2.05) is 37.0 Å². The minimum atomic E-state index is 0.0880. The van der Waals surface area contributed by atoms with E-state index < -0.39 is 0 Å². The van der Waals surface area contributed by atoms with Gasteiger partial charge in [-0.3, -0.25) is 9.58 Å². The van der Waals surface area contributed by atoms with Gasteiger partial charge in [-0.2, -0.15) is 5.10 Å². The molecule has 0 radical (unpaired) electrons. The van der Waals surface area contributed by atoms with Crippen LogP contribution in [0.5, 0.6) is 5.88 Å². The first kappa shape index (κ1) is 17.7. The quantitative estimate of drug-likeness (QED) is 0.668. The second-order valence-corrected chi connectivity index (χ2v) is 7.14. The fraction of sp³-hybridized carbons (Fsp3) is 0.450. The summed E-state index contributed by atoms with van der Waals surface area (Å²) in [4.78, 5) is 13.6. The average Bonchev–Trinajstić information content (AvgIpc) is 3.20. The maximum atomic E-state index is 5.87. The smallest absolute Gasteiger partial charge is 0.224 e. The number of nitrogens with zero attached hydrogens (tertiary/aromatic N) is 6. The van der Waals surface area contributed by atoms with E-state index in [4.69, 9.17) is 4.74 Å². The van der Waals surface area contributed by atoms with E-state index in [1.165, 1.54) is 5.69 Å². The Morgan fingerprint density at radius 1 is 1.07 bits per heavy atom. The minimum absolute atomic E-state index is 0.0880. The van der Waals surface area contributed by atoms with E-state index in [0.717, 1.165) is 50.2 Å². The Hall–Kier alpha value is -2.67. The molecule has 3 aromatic rings. The number of fused-ring (bicyclic) bond motifs is 1. The van der Waals surface area contributed by atoms with Crippen LogP contribution in [0.1, 0.15) is 13.8 Å². The van der Waals surface area contributed by atoms with Crippen molar-refractivity contribution in [1.29, 1.82) is 0 Å². The number of anilines is 1. The van der Waals surface area contributed by atoms with Crippen LogP contribution in [-0.4, -0.2) is 63.5 Å². The third-order valence-electron chi connectivity index (χ3n) is 4.87. The molecule has 3 heterocycles. The largest absolute Gasteiger partial charge is 0.474 e. The van der Waals surface area contributed by atoms with Gasteiger partial charge in [-0.05, 0) is 38.1 Å². The van der Waals surface area contributed by atoms with Gasteiger partial charge in [-0.15, -0.1) is 0 Å². The highest BCUT2D eigenvalue weighted by atomic mass is 16.5. The second-order valence-electron chi connectivity index (χ2n) is 7.14. The van der Waals surface area contributed by atoms with E-state index in [2.05, 4.69) is 43.1 Å². The molecule has 0 amide bonds. The summed E-state index contributed by atoms with van der Waals surface area (Å²) in [7, 11) is 0. The third kappa shape index (κ3) is 4.19. The first-order chi connectivity index (χ1) is 13.2. The molecule has 142 valence electrons. The fourth-order valence-corrected chi connectivity index (χ4v) is 3.44. The summed E-state index contributed by atoms with van der Waals surface area (Å²) >= 11 is 0. The molecule has 4 rings (SSSR count). The van der Waals surface area contributed by atoms with Crippen LogP contribution >= 0.6 is 0 Å². The molecule has 1 saturated heterocycles. The molecule has 27 heavy (non-hydrogen) atoms. The Morgan fingerprint density at radius 3 is 2.67 bits per heavy atom. The monoisotopic (exact) mass is 366 g/mol. The zero-order chi connectivity index (χ0) is 18.6. The van der Waals surface area contributed by atoms with Crippen LogP contribution in [0.25, 0.3) is 10.9 Å². The zero-order valence-corrected chi connectivity index (χ0v) is 16.0. The molecular formula is C20H26N6O. The van der Waals surface area contributed by atoms with E-state index in [-0.39, 0.29) is 6.10 Å². The normalized spacial score (nSPS) is 15.6. The number of ether oxygens (including phenoxy) is 1. The zero-order valence-electron chi connectivity index (χ0n) is 16.0. The summed E-state index contributed by atoms with van der Waals surface area (Å²) in [5.74, 6) is 0.662. The standard InChI is InChI=1S/C20H26N6O/c1-16(2)27-20-18-14-17(4-5-19(18)21-15-22-20)25-11-8-24(9-12-25)10-13-26-7-3-6-23-26/h3-7,14-16H,8-13H2,1-2H3. The Kier molecular flexibility index (Phi) is 5.20. The van der Waals surface area contributed by atoms with Crippen molar-refractivity contribution in [1.82, 2.24) is 24.6 Å². The molecule has 0 atom stereocenters. The summed E-state index contributed by atoms with van der Waals surface area (Å²) in [5, 5.41) is 5.25. The predicted molar refractivity (Wildman–Crippen MR) is 106 cm³/mol. The molecule has 0 N–H and O–H groups in total. The number of rotatable bonds is 6. The molecule has 1 fully saturated rings. The molecule has 0 saturated carbocycles. The number of hydrogen-bond donors (Lipinski definition) is 0. The lowest BCUT2D eigenvalue weighted by Crippen LogP contribution is -2.47. The SMILES string of the molecule is CC(C)Oc1ncnc2ccc(N3CCN(CCn4cccn4)CC3)cc12. The number of hydrogen-bond acceptors (Lipinski definition) is 6. The maximum absolute atomic E-state index is 5.87. The van der Waals surface area contributed by atoms with Gasteiger partial charge in [0.1, 0.15) is 6.33 Å². The van der Waals surface area contributed by atoms with Crippen LogP contribution in [0.4, 0.5) is 5.69 Å². The highest BCUT2D eigenvalue weighted by Gasteiger charge is 2.18. The average molecular weight is 366 g/mol. The van der Waals surface area contributed by atoms with Gasteiger partial charge in [0.05, 0.1) is 23.6 Å². The van der Waals surface area contributed by atoms with E-state index in [1.54, 1.807) is 6.33 Å². The van der Waals surface area contributed by atoms with Crippen LogP contribution in [0.2, 0.25) is 0 Å². The molecule has 1 aliphatic heterocycles.